The van der Waals surface area contributed by atoms with Crippen molar-refractivity contribution in [3.63, 3.8) is 0 Å². The van der Waals surface area contributed by atoms with E-state index >= 15 is 0 Å². The molecule has 2 rings (SSSR count). The van der Waals surface area contributed by atoms with E-state index in [2.05, 4.69) is 22.4 Å². The molecule has 0 spiro atoms. The summed E-state index contributed by atoms with van der Waals surface area (Å²) in [6.07, 6.45) is 18.0. The lowest BCUT2D eigenvalue weighted by molar-refractivity contribution is -0.141. The monoisotopic (exact) mass is 555 g/mol. The van der Waals surface area contributed by atoms with Gasteiger partial charge in [-0.05, 0) is 11.8 Å². The molecule has 0 bridgehead atoms. The molecule has 0 aliphatic heterocycles. The van der Waals surface area contributed by atoms with E-state index in [0.717, 1.165) is 24.8 Å². The fourth-order valence-electron chi connectivity index (χ4n) is 5.09. The highest BCUT2D eigenvalue weighted by Gasteiger charge is 2.35. The Kier molecular flexibility index (Phi) is 15.6. The summed E-state index contributed by atoms with van der Waals surface area (Å²) in [6.45, 7) is 8.23. The Morgan fingerprint density at radius 2 is 1.38 bits per heavy atom. The van der Waals surface area contributed by atoms with Crippen molar-refractivity contribution in [3.8, 4) is 11.4 Å². The fourth-order valence-corrected chi connectivity index (χ4v) is 5.09. The average Bonchev–Trinajstić information content (AvgIpc) is 3.40. The summed E-state index contributed by atoms with van der Waals surface area (Å²) in [5.74, 6) is -1.02. The molecule has 1 unspecified atom stereocenters. The van der Waals surface area contributed by atoms with E-state index in [4.69, 9.17) is 4.52 Å². The maximum atomic E-state index is 13.3. The molecule has 0 saturated heterocycles. The average molecular weight is 556 g/mol. The van der Waals surface area contributed by atoms with Crippen LogP contribution in [0.15, 0.2) is 34.9 Å². The van der Waals surface area contributed by atoms with Gasteiger partial charge in [-0.1, -0.05) is 153 Å². The van der Waals surface area contributed by atoms with Gasteiger partial charge in [0.25, 0.3) is 0 Å². The number of hydrogen-bond acceptors (Lipinski definition) is 5. The van der Waals surface area contributed by atoms with Crippen molar-refractivity contribution < 1.29 is 19.2 Å². The maximum Gasteiger partial charge on any atom is 0.304 e. The Labute approximate surface area is 241 Å². The van der Waals surface area contributed by atoms with E-state index in [0.29, 0.717) is 18.1 Å². The van der Waals surface area contributed by atoms with Gasteiger partial charge in [-0.3, -0.25) is 9.59 Å². The van der Waals surface area contributed by atoms with Crippen LogP contribution in [0.3, 0.4) is 0 Å². The van der Waals surface area contributed by atoms with Gasteiger partial charge in [0, 0.05) is 11.5 Å². The number of nitrogens with one attached hydrogen (secondary N) is 1. The second-order valence-corrected chi connectivity index (χ2v) is 12.3. The van der Waals surface area contributed by atoms with E-state index in [9.17, 15) is 14.7 Å². The van der Waals surface area contributed by atoms with Gasteiger partial charge in [0.15, 0.2) is 0 Å². The van der Waals surface area contributed by atoms with Crippen LogP contribution in [0.5, 0.6) is 0 Å². The molecule has 0 radical (unpaired) electrons. The van der Waals surface area contributed by atoms with Gasteiger partial charge in [-0.25, -0.2) is 0 Å². The Bertz CT molecular complexity index is 968. The van der Waals surface area contributed by atoms with Crippen LogP contribution in [-0.2, 0) is 9.59 Å². The third kappa shape index (κ3) is 13.1. The second-order valence-electron chi connectivity index (χ2n) is 12.3. The summed E-state index contributed by atoms with van der Waals surface area (Å²) in [6, 6.07) is 9.00. The number of carbonyl (C=O) groups excluding carboxylic acids is 1. The summed E-state index contributed by atoms with van der Waals surface area (Å²) < 4.78 is 5.56. The van der Waals surface area contributed by atoms with Gasteiger partial charge in [0.1, 0.15) is 6.04 Å². The molecule has 0 fully saturated rings. The molecule has 7 heteroatoms. The summed E-state index contributed by atoms with van der Waals surface area (Å²) in [5, 5.41) is 16.6. The minimum atomic E-state index is -0.957. The maximum absolute atomic E-state index is 13.3. The molecule has 2 atom stereocenters. The zero-order valence-electron chi connectivity index (χ0n) is 25.4. The molecule has 0 saturated carbocycles. The Balaban J connectivity index is 1.77. The number of carboxylic acid groups (broad SMARTS) is 1. The van der Waals surface area contributed by atoms with Crippen LogP contribution >= 0.6 is 0 Å². The SMILES string of the molecule is CCCCCCCCCCCCCCCC[C@H](CC(=O)O)C(=O)NC(c1nc(-c2ccccc2)no1)C(C)(C)C. The molecule has 1 heterocycles. The highest BCUT2D eigenvalue weighted by molar-refractivity contribution is 5.83. The molecule has 224 valence electrons. The van der Waals surface area contributed by atoms with Crippen molar-refractivity contribution in [1.29, 1.82) is 0 Å². The largest absolute Gasteiger partial charge is 0.481 e. The summed E-state index contributed by atoms with van der Waals surface area (Å²) in [7, 11) is 0. The molecule has 1 aromatic heterocycles. The predicted octanol–water partition coefficient (Wildman–Crippen LogP) is 8.90. The molecule has 2 aromatic rings. The predicted molar refractivity (Wildman–Crippen MR) is 161 cm³/mol. The number of hydrogen-bond donors (Lipinski definition) is 2. The van der Waals surface area contributed by atoms with Gasteiger partial charge in [-0.2, -0.15) is 4.98 Å². The van der Waals surface area contributed by atoms with E-state index in [1.54, 1.807) is 0 Å². The topological polar surface area (TPSA) is 105 Å². The normalized spacial score (nSPS) is 13.2. The third-order valence-electron chi connectivity index (χ3n) is 7.57. The molecular weight excluding hydrogens is 502 g/mol. The second kappa shape index (κ2) is 18.6. The van der Waals surface area contributed by atoms with Crippen LogP contribution in [0.4, 0.5) is 0 Å². The Hall–Kier alpha value is -2.70. The van der Waals surface area contributed by atoms with E-state index in [1.165, 1.54) is 70.6 Å². The molecule has 0 aliphatic carbocycles. The lowest BCUT2D eigenvalue weighted by Gasteiger charge is -2.29. The quantitative estimate of drug-likeness (QED) is 0.149. The summed E-state index contributed by atoms with van der Waals surface area (Å²) in [4.78, 5) is 29.4. The minimum Gasteiger partial charge on any atom is -0.481 e. The van der Waals surface area contributed by atoms with Crippen molar-refractivity contribution in [2.75, 3.05) is 0 Å². The lowest BCUT2D eigenvalue weighted by atomic mass is 9.85. The van der Waals surface area contributed by atoms with E-state index in [-0.39, 0.29) is 12.3 Å². The van der Waals surface area contributed by atoms with Gasteiger partial charge in [0.2, 0.25) is 17.6 Å². The zero-order valence-corrected chi connectivity index (χ0v) is 25.4. The van der Waals surface area contributed by atoms with Gasteiger partial charge in [0.05, 0.1) is 6.42 Å². The molecule has 1 aromatic carbocycles. The van der Waals surface area contributed by atoms with Crippen molar-refractivity contribution in [2.45, 2.75) is 136 Å². The number of rotatable bonds is 21. The van der Waals surface area contributed by atoms with Crippen LogP contribution in [0.25, 0.3) is 11.4 Å². The minimum absolute atomic E-state index is 0.180. The molecular formula is C33H53N3O4. The Morgan fingerprint density at radius 1 is 0.850 bits per heavy atom. The molecule has 1 amide bonds. The number of unbranched alkanes of at least 4 members (excludes halogenated alkanes) is 13. The standard InChI is InChI=1S/C33H53N3O4/c1-5-6-7-8-9-10-11-12-13-14-15-16-17-19-24-27(25-28(37)38)31(39)34-29(33(2,3)4)32-35-30(36-40-32)26-22-20-18-21-23-26/h18,20-23,27,29H,5-17,19,24-25H2,1-4H3,(H,34,39)(H,37,38)/t27-,29?/m1/s1. The number of aliphatic carboxylic acids is 1. The zero-order chi connectivity index (χ0) is 29.2. The summed E-state index contributed by atoms with van der Waals surface area (Å²) >= 11 is 0. The number of carboxylic acids is 1. The van der Waals surface area contributed by atoms with Crippen molar-refractivity contribution in [1.82, 2.24) is 15.5 Å². The number of nitrogens with zero attached hydrogens (tertiary/aromatic N) is 2. The number of aromatic nitrogens is 2. The molecule has 40 heavy (non-hydrogen) atoms. The Morgan fingerprint density at radius 3 is 1.88 bits per heavy atom. The highest BCUT2D eigenvalue weighted by atomic mass is 16.5. The van der Waals surface area contributed by atoms with Gasteiger partial charge < -0.3 is 14.9 Å². The first-order chi connectivity index (χ1) is 19.2. The van der Waals surface area contributed by atoms with Crippen LogP contribution in [0.2, 0.25) is 0 Å². The van der Waals surface area contributed by atoms with E-state index in [1.807, 2.05) is 51.1 Å². The van der Waals surface area contributed by atoms with Crippen molar-refractivity contribution in [3.05, 3.63) is 36.2 Å². The van der Waals surface area contributed by atoms with Crippen LogP contribution in [-0.4, -0.2) is 27.1 Å². The van der Waals surface area contributed by atoms with Gasteiger partial charge >= 0.3 is 5.97 Å². The first-order valence-electron chi connectivity index (χ1n) is 15.6. The fraction of sp³-hybridized carbons (Fsp3) is 0.697. The van der Waals surface area contributed by atoms with Gasteiger partial charge in [-0.15, -0.1) is 0 Å². The lowest BCUT2D eigenvalue weighted by Crippen LogP contribution is -2.40. The van der Waals surface area contributed by atoms with Crippen LogP contribution in [0, 0.1) is 11.3 Å². The molecule has 0 aliphatic rings. The van der Waals surface area contributed by atoms with E-state index < -0.39 is 23.3 Å². The first-order valence-corrected chi connectivity index (χ1v) is 15.6. The van der Waals surface area contributed by atoms with Crippen molar-refractivity contribution >= 4 is 11.9 Å². The molecule has 7 nitrogen and oxygen atoms in total. The van der Waals surface area contributed by atoms with Crippen LogP contribution < -0.4 is 5.32 Å². The third-order valence-corrected chi connectivity index (χ3v) is 7.57. The van der Waals surface area contributed by atoms with Crippen LogP contribution in [0.1, 0.15) is 142 Å². The first kappa shape index (κ1) is 33.5. The summed E-state index contributed by atoms with van der Waals surface area (Å²) in [5.41, 5.74) is 0.428. The number of benzene rings is 1. The number of carbonyl (C=O) groups is 2. The smallest absolute Gasteiger partial charge is 0.304 e. The molecule has 2 N–H and O–H groups in total. The van der Waals surface area contributed by atoms with Crippen molar-refractivity contribution in [2.24, 2.45) is 11.3 Å². The number of amides is 1. The highest BCUT2D eigenvalue weighted by Crippen LogP contribution is 2.33.